The van der Waals surface area contributed by atoms with E-state index >= 15 is 0 Å². The summed E-state index contributed by atoms with van der Waals surface area (Å²) in [6, 6.07) is 10.6. The van der Waals surface area contributed by atoms with Gasteiger partial charge >= 0.3 is 11.8 Å². The lowest BCUT2D eigenvalue weighted by Gasteiger charge is -2.08. The molecule has 2 N–H and O–H groups in total. The summed E-state index contributed by atoms with van der Waals surface area (Å²) in [6.45, 7) is 0.101. The Bertz CT molecular complexity index is 720. The Morgan fingerprint density at radius 2 is 2.09 bits per heavy atom. The minimum absolute atomic E-state index is 0.0147. The summed E-state index contributed by atoms with van der Waals surface area (Å²) in [5, 5.41) is 22.1. The second kappa shape index (κ2) is 6.77. The Balaban J connectivity index is 2.24. The van der Waals surface area contributed by atoms with Crippen LogP contribution >= 0.6 is 11.6 Å². The van der Waals surface area contributed by atoms with E-state index in [1.807, 2.05) is 0 Å². The van der Waals surface area contributed by atoms with Crippen LogP contribution in [0.4, 0.5) is 10.5 Å². The average Bonchev–Trinajstić information content (AvgIpc) is 2.45. The van der Waals surface area contributed by atoms with Gasteiger partial charge in [0, 0.05) is 23.7 Å². The van der Waals surface area contributed by atoms with E-state index in [9.17, 15) is 14.9 Å². The predicted molar refractivity (Wildman–Crippen MR) is 79.5 cm³/mol. The molecule has 0 heterocycles. The highest BCUT2D eigenvalue weighted by Gasteiger charge is 2.16. The SMILES string of the molecule is O=C(O)NCc1cccc(Oc2cc(Cl)ccc2[N+](=O)[O-])c1. The Hall–Kier alpha value is -2.80. The minimum atomic E-state index is -1.14. The molecule has 7 nitrogen and oxygen atoms in total. The zero-order chi connectivity index (χ0) is 16.1. The smallest absolute Gasteiger partial charge is 0.404 e. The normalized spacial score (nSPS) is 10.0. The number of carboxylic acid groups (broad SMARTS) is 1. The van der Waals surface area contributed by atoms with Crippen LogP contribution in [0.2, 0.25) is 5.02 Å². The molecule has 1 amide bonds. The van der Waals surface area contributed by atoms with Crippen molar-refractivity contribution in [2.24, 2.45) is 0 Å². The molecule has 0 aromatic heterocycles. The molecular weight excluding hydrogens is 312 g/mol. The minimum Gasteiger partial charge on any atom is -0.465 e. The summed E-state index contributed by atoms with van der Waals surface area (Å²) in [5.41, 5.74) is 0.447. The zero-order valence-electron chi connectivity index (χ0n) is 11.2. The summed E-state index contributed by atoms with van der Waals surface area (Å²) in [5.74, 6) is 0.357. The largest absolute Gasteiger partial charge is 0.465 e. The lowest BCUT2D eigenvalue weighted by molar-refractivity contribution is -0.385. The van der Waals surface area contributed by atoms with Gasteiger partial charge in [0.05, 0.1) is 4.92 Å². The summed E-state index contributed by atoms with van der Waals surface area (Å²) >= 11 is 5.83. The number of hydrogen-bond acceptors (Lipinski definition) is 4. The number of nitrogens with one attached hydrogen (secondary N) is 1. The maximum absolute atomic E-state index is 11.0. The van der Waals surface area contributed by atoms with Gasteiger partial charge in [0.25, 0.3) is 0 Å². The number of halogens is 1. The molecule has 0 unspecified atom stereocenters. The summed E-state index contributed by atoms with van der Waals surface area (Å²) in [6.07, 6.45) is -1.14. The fourth-order valence-electron chi connectivity index (χ4n) is 1.74. The number of rotatable bonds is 5. The maximum atomic E-state index is 11.0. The van der Waals surface area contributed by atoms with Gasteiger partial charge in [0.15, 0.2) is 0 Å². The van der Waals surface area contributed by atoms with Crippen LogP contribution in [0, 0.1) is 10.1 Å². The molecule has 0 fully saturated rings. The molecule has 0 spiro atoms. The van der Waals surface area contributed by atoms with E-state index in [0.29, 0.717) is 16.3 Å². The highest BCUT2D eigenvalue weighted by molar-refractivity contribution is 6.30. The molecule has 0 aliphatic heterocycles. The second-order valence-corrected chi connectivity index (χ2v) is 4.71. The second-order valence-electron chi connectivity index (χ2n) is 4.28. The molecule has 0 atom stereocenters. The van der Waals surface area contributed by atoms with Gasteiger partial charge in [-0.3, -0.25) is 10.1 Å². The van der Waals surface area contributed by atoms with Crippen molar-refractivity contribution in [1.82, 2.24) is 5.32 Å². The van der Waals surface area contributed by atoms with Crippen molar-refractivity contribution in [3.63, 3.8) is 0 Å². The highest BCUT2D eigenvalue weighted by Crippen LogP contribution is 2.33. The molecule has 0 saturated carbocycles. The number of amides is 1. The third-order valence-electron chi connectivity index (χ3n) is 2.69. The van der Waals surface area contributed by atoms with Gasteiger partial charge in [0.2, 0.25) is 5.75 Å². The Morgan fingerprint density at radius 1 is 1.32 bits per heavy atom. The van der Waals surface area contributed by atoms with Crippen molar-refractivity contribution in [3.05, 3.63) is 63.2 Å². The lowest BCUT2D eigenvalue weighted by atomic mass is 10.2. The van der Waals surface area contributed by atoms with E-state index in [-0.39, 0.29) is 18.0 Å². The average molecular weight is 323 g/mol. The maximum Gasteiger partial charge on any atom is 0.404 e. The van der Waals surface area contributed by atoms with Crippen LogP contribution < -0.4 is 10.1 Å². The molecule has 0 aliphatic rings. The van der Waals surface area contributed by atoms with E-state index in [2.05, 4.69) is 5.32 Å². The third-order valence-corrected chi connectivity index (χ3v) is 2.92. The number of nitro benzene ring substituents is 1. The Kier molecular flexibility index (Phi) is 4.80. The standard InChI is InChI=1S/C14H11ClN2O5/c15-10-4-5-12(17(20)21)13(7-10)22-11-3-1-2-9(6-11)8-16-14(18)19/h1-7,16H,8H2,(H,18,19). The molecule has 0 saturated heterocycles. The monoisotopic (exact) mass is 322 g/mol. The summed E-state index contributed by atoms with van der Waals surface area (Å²) in [4.78, 5) is 20.9. The fourth-order valence-corrected chi connectivity index (χ4v) is 1.91. The van der Waals surface area contributed by atoms with E-state index in [4.69, 9.17) is 21.4 Å². The van der Waals surface area contributed by atoms with Gasteiger partial charge in [-0.2, -0.15) is 0 Å². The Labute approximate surface area is 130 Å². The zero-order valence-corrected chi connectivity index (χ0v) is 11.9. The molecule has 22 heavy (non-hydrogen) atoms. The quantitative estimate of drug-likeness (QED) is 0.643. The molecule has 2 aromatic carbocycles. The number of hydrogen-bond donors (Lipinski definition) is 2. The highest BCUT2D eigenvalue weighted by atomic mass is 35.5. The lowest BCUT2D eigenvalue weighted by Crippen LogP contribution is -2.19. The summed E-state index contributed by atoms with van der Waals surface area (Å²) in [7, 11) is 0. The van der Waals surface area contributed by atoms with Crippen molar-refractivity contribution in [2.45, 2.75) is 6.54 Å². The van der Waals surface area contributed by atoms with Crippen LogP contribution in [0.25, 0.3) is 0 Å². The van der Waals surface area contributed by atoms with Crippen molar-refractivity contribution in [1.29, 1.82) is 0 Å². The van der Waals surface area contributed by atoms with Gasteiger partial charge in [-0.05, 0) is 23.8 Å². The molecule has 8 heteroatoms. The fraction of sp³-hybridized carbons (Fsp3) is 0.0714. The van der Waals surface area contributed by atoms with Crippen molar-refractivity contribution < 1.29 is 19.6 Å². The first-order chi connectivity index (χ1) is 10.5. The van der Waals surface area contributed by atoms with Crippen molar-refractivity contribution >= 4 is 23.4 Å². The van der Waals surface area contributed by atoms with Gasteiger partial charge < -0.3 is 15.2 Å². The molecular formula is C14H11ClN2O5. The van der Waals surface area contributed by atoms with Crippen molar-refractivity contribution in [3.8, 4) is 11.5 Å². The molecule has 0 bridgehead atoms. The van der Waals surface area contributed by atoms with E-state index in [0.717, 1.165) is 0 Å². The van der Waals surface area contributed by atoms with Crippen LogP contribution in [0.1, 0.15) is 5.56 Å². The van der Waals surface area contributed by atoms with E-state index < -0.39 is 11.0 Å². The number of carbonyl (C=O) groups is 1. The van der Waals surface area contributed by atoms with Crippen LogP contribution in [0.3, 0.4) is 0 Å². The van der Waals surface area contributed by atoms with Crippen LogP contribution in [-0.2, 0) is 6.54 Å². The third kappa shape index (κ3) is 4.10. The molecule has 2 aromatic rings. The van der Waals surface area contributed by atoms with Crippen molar-refractivity contribution in [2.75, 3.05) is 0 Å². The van der Waals surface area contributed by atoms with Gasteiger partial charge in [0.1, 0.15) is 5.75 Å². The Morgan fingerprint density at radius 3 is 2.77 bits per heavy atom. The first-order valence-electron chi connectivity index (χ1n) is 6.13. The first kappa shape index (κ1) is 15.6. The number of ether oxygens (including phenoxy) is 1. The molecule has 0 aliphatic carbocycles. The number of nitro groups is 1. The van der Waals surface area contributed by atoms with E-state index in [1.165, 1.54) is 18.2 Å². The van der Waals surface area contributed by atoms with Gasteiger partial charge in [-0.25, -0.2) is 4.79 Å². The summed E-state index contributed by atoms with van der Waals surface area (Å²) < 4.78 is 5.50. The van der Waals surface area contributed by atoms with E-state index in [1.54, 1.807) is 24.3 Å². The van der Waals surface area contributed by atoms with Gasteiger partial charge in [-0.15, -0.1) is 0 Å². The molecule has 0 radical (unpaired) electrons. The number of nitrogens with zero attached hydrogens (tertiary/aromatic N) is 1. The predicted octanol–water partition coefficient (Wildman–Crippen LogP) is 3.81. The topological polar surface area (TPSA) is 102 Å². The van der Waals surface area contributed by atoms with Crippen LogP contribution in [-0.4, -0.2) is 16.1 Å². The van der Waals surface area contributed by atoms with Gasteiger partial charge in [-0.1, -0.05) is 23.7 Å². The van der Waals surface area contributed by atoms with Crippen LogP contribution in [0.15, 0.2) is 42.5 Å². The van der Waals surface area contributed by atoms with Crippen LogP contribution in [0.5, 0.6) is 11.5 Å². The first-order valence-corrected chi connectivity index (χ1v) is 6.51. The molecule has 114 valence electrons. The number of benzene rings is 2. The molecule has 2 rings (SSSR count).